The number of ether oxygens (including phenoxy) is 3. The molecule has 0 amide bonds. The first-order valence-corrected chi connectivity index (χ1v) is 7.81. The van der Waals surface area contributed by atoms with Gasteiger partial charge in [0.05, 0.1) is 32.8 Å². The number of benzene rings is 1. The number of methoxy groups -OCH3 is 3. The summed E-state index contributed by atoms with van der Waals surface area (Å²) in [6, 6.07) is 6.69. The molecule has 0 bridgehead atoms. The van der Waals surface area contributed by atoms with Gasteiger partial charge in [-0.1, -0.05) is 12.1 Å². The molecule has 7 heteroatoms. The summed E-state index contributed by atoms with van der Waals surface area (Å²) in [5.41, 5.74) is -1.14. The van der Waals surface area contributed by atoms with E-state index in [2.05, 4.69) is 0 Å². The topological polar surface area (TPSA) is 99.1 Å². The van der Waals surface area contributed by atoms with Crippen LogP contribution < -0.4 is 4.74 Å². The Labute approximate surface area is 145 Å². The molecular weight excluding hydrogens is 328 g/mol. The summed E-state index contributed by atoms with van der Waals surface area (Å²) in [6.45, 7) is 1.40. The van der Waals surface area contributed by atoms with Crippen molar-refractivity contribution >= 4 is 17.7 Å². The van der Waals surface area contributed by atoms with E-state index in [9.17, 15) is 19.5 Å². The van der Waals surface area contributed by atoms with Gasteiger partial charge in [-0.2, -0.15) is 0 Å². The maximum Gasteiger partial charge on any atom is 0.316 e. The van der Waals surface area contributed by atoms with E-state index < -0.39 is 41.1 Å². The average molecular weight is 350 g/mol. The van der Waals surface area contributed by atoms with Crippen LogP contribution in [-0.2, 0) is 23.9 Å². The highest BCUT2D eigenvalue weighted by Crippen LogP contribution is 2.47. The zero-order valence-electron chi connectivity index (χ0n) is 14.6. The van der Waals surface area contributed by atoms with Crippen LogP contribution in [0.2, 0.25) is 0 Å². The Hall–Kier alpha value is -2.41. The maximum atomic E-state index is 12.6. The lowest BCUT2D eigenvalue weighted by Gasteiger charge is -2.43. The number of Topliss-reactive ketones (excluding diaryl/α,β-unsaturated/α-hetero) is 1. The fourth-order valence-corrected chi connectivity index (χ4v) is 3.52. The maximum absolute atomic E-state index is 12.6. The minimum atomic E-state index is -1.65. The molecule has 0 aromatic heterocycles. The molecule has 0 spiro atoms. The van der Waals surface area contributed by atoms with E-state index in [1.165, 1.54) is 28.3 Å². The second-order valence-corrected chi connectivity index (χ2v) is 6.30. The molecule has 136 valence electrons. The smallest absolute Gasteiger partial charge is 0.316 e. The lowest BCUT2D eigenvalue weighted by molar-refractivity contribution is -0.170. The SMILES string of the molecule is COC(=O)[C@@H]1C(=O)C[C@@](C)(O)[C@@H](C(=O)OC)[C@@H]1c1cccc(OC)c1. The fraction of sp³-hybridized carbons (Fsp3) is 0.500. The molecule has 1 saturated carbocycles. The predicted octanol–water partition coefficient (Wildman–Crippen LogP) is 1.08. The Balaban J connectivity index is 2.66. The summed E-state index contributed by atoms with van der Waals surface area (Å²) in [5, 5.41) is 10.7. The van der Waals surface area contributed by atoms with Crippen LogP contribution in [0.3, 0.4) is 0 Å². The van der Waals surface area contributed by atoms with Crippen LogP contribution in [0.25, 0.3) is 0 Å². The number of carbonyl (C=O) groups is 3. The van der Waals surface area contributed by atoms with Crippen LogP contribution in [0.15, 0.2) is 24.3 Å². The number of ketones is 1. The van der Waals surface area contributed by atoms with Gasteiger partial charge in [-0.15, -0.1) is 0 Å². The number of rotatable bonds is 4. The van der Waals surface area contributed by atoms with E-state index in [1.54, 1.807) is 24.3 Å². The standard InChI is InChI=1S/C18H22O7/c1-18(22)9-12(19)14(16(20)24-3)13(15(18)17(21)25-4)10-6-5-7-11(8-10)23-2/h5-8,13-15,22H,9H2,1-4H3/t13-,14-,15-,18-/m1/s1. The van der Waals surface area contributed by atoms with Crippen LogP contribution in [0.1, 0.15) is 24.8 Å². The van der Waals surface area contributed by atoms with E-state index in [0.717, 1.165) is 0 Å². The van der Waals surface area contributed by atoms with Gasteiger partial charge in [-0.25, -0.2) is 0 Å². The van der Waals surface area contributed by atoms with Gasteiger partial charge < -0.3 is 19.3 Å². The number of esters is 2. The van der Waals surface area contributed by atoms with Gasteiger partial charge in [0.1, 0.15) is 11.7 Å². The van der Waals surface area contributed by atoms with Crippen molar-refractivity contribution in [2.45, 2.75) is 24.9 Å². The molecule has 0 unspecified atom stereocenters. The van der Waals surface area contributed by atoms with Gasteiger partial charge in [0, 0.05) is 12.3 Å². The van der Waals surface area contributed by atoms with E-state index in [-0.39, 0.29) is 6.42 Å². The van der Waals surface area contributed by atoms with E-state index in [4.69, 9.17) is 14.2 Å². The number of hydrogen-bond acceptors (Lipinski definition) is 7. The highest BCUT2D eigenvalue weighted by Gasteiger charge is 2.56. The second kappa shape index (κ2) is 7.23. The lowest BCUT2D eigenvalue weighted by atomic mass is 9.61. The molecule has 0 aliphatic heterocycles. The molecule has 1 N–H and O–H groups in total. The van der Waals surface area contributed by atoms with Crippen LogP contribution in [-0.4, -0.2) is 49.8 Å². The second-order valence-electron chi connectivity index (χ2n) is 6.30. The zero-order chi connectivity index (χ0) is 18.8. The predicted molar refractivity (Wildman–Crippen MR) is 87.0 cm³/mol. The molecule has 1 aromatic carbocycles. The van der Waals surface area contributed by atoms with Crippen molar-refractivity contribution in [2.24, 2.45) is 11.8 Å². The van der Waals surface area contributed by atoms with Crippen LogP contribution in [0, 0.1) is 11.8 Å². The minimum Gasteiger partial charge on any atom is -0.497 e. The summed E-state index contributed by atoms with van der Waals surface area (Å²) in [5.74, 6) is -4.66. The molecule has 0 saturated heterocycles. The van der Waals surface area contributed by atoms with Gasteiger partial charge in [-0.05, 0) is 24.6 Å². The van der Waals surface area contributed by atoms with Crippen LogP contribution >= 0.6 is 0 Å². The van der Waals surface area contributed by atoms with Gasteiger partial charge in [0.25, 0.3) is 0 Å². The first-order chi connectivity index (χ1) is 11.8. The van der Waals surface area contributed by atoms with E-state index >= 15 is 0 Å². The third kappa shape index (κ3) is 3.51. The van der Waals surface area contributed by atoms with E-state index in [0.29, 0.717) is 11.3 Å². The van der Waals surface area contributed by atoms with Crippen LogP contribution in [0.4, 0.5) is 0 Å². The summed E-state index contributed by atoms with van der Waals surface area (Å²) < 4.78 is 14.8. The summed E-state index contributed by atoms with van der Waals surface area (Å²) in [4.78, 5) is 37.2. The number of hydrogen-bond donors (Lipinski definition) is 1. The Morgan fingerprint density at radius 2 is 1.80 bits per heavy atom. The van der Waals surface area contributed by atoms with Crippen molar-refractivity contribution in [3.05, 3.63) is 29.8 Å². The normalized spacial score (nSPS) is 29.0. The molecule has 25 heavy (non-hydrogen) atoms. The Bertz CT molecular complexity index is 680. The first kappa shape index (κ1) is 18.9. The summed E-state index contributed by atoms with van der Waals surface area (Å²) in [7, 11) is 3.86. The van der Waals surface area contributed by atoms with Gasteiger partial charge in [-0.3, -0.25) is 14.4 Å². The minimum absolute atomic E-state index is 0.340. The molecule has 1 aromatic rings. The van der Waals surface area contributed by atoms with Gasteiger partial charge in [0.2, 0.25) is 0 Å². The van der Waals surface area contributed by atoms with E-state index in [1.807, 2.05) is 0 Å². The van der Waals surface area contributed by atoms with Gasteiger partial charge >= 0.3 is 11.9 Å². The molecule has 0 radical (unpaired) electrons. The van der Waals surface area contributed by atoms with Crippen molar-refractivity contribution in [2.75, 3.05) is 21.3 Å². The zero-order valence-corrected chi connectivity index (χ0v) is 14.6. The number of aliphatic hydroxyl groups is 1. The summed E-state index contributed by atoms with van der Waals surface area (Å²) in [6.07, 6.45) is -0.340. The average Bonchev–Trinajstić information content (AvgIpc) is 2.59. The van der Waals surface area contributed by atoms with Crippen molar-refractivity contribution < 1.29 is 33.7 Å². The molecule has 7 nitrogen and oxygen atoms in total. The third-order valence-electron chi connectivity index (χ3n) is 4.66. The fourth-order valence-electron chi connectivity index (χ4n) is 3.52. The molecular formula is C18H22O7. The van der Waals surface area contributed by atoms with Crippen LogP contribution in [0.5, 0.6) is 5.75 Å². The highest BCUT2D eigenvalue weighted by molar-refractivity contribution is 6.02. The first-order valence-electron chi connectivity index (χ1n) is 7.81. The Morgan fingerprint density at radius 1 is 1.16 bits per heavy atom. The quantitative estimate of drug-likeness (QED) is 0.641. The molecule has 1 fully saturated rings. The Morgan fingerprint density at radius 3 is 2.36 bits per heavy atom. The molecule has 2 rings (SSSR count). The van der Waals surface area contributed by atoms with Crippen molar-refractivity contribution in [3.8, 4) is 5.75 Å². The lowest BCUT2D eigenvalue weighted by Crippen LogP contribution is -2.55. The van der Waals surface area contributed by atoms with Crippen molar-refractivity contribution in [1.82, 2.24) is 0 Å². The van der Waals surface area contributed by atoms with Crippen molar-refractivity contribution in [3.63, 3.8) is 0 Å². The summed E-state index contributed by atoms with van der Waals surface area (Å²) >= 11 is 0. The largest absolute Gasteiger partial charge is 0.497 e. The third-order valence-corrected chi connectivity index (χ3v) is 4.66. The highest BCUT2D eigenvalue weighted by atomic mass is 16.5. The molecule has 1 aliphatic carbocycles. The van der Waals surface area contributed by atoms with Crippen molar-refractivity contribution in [1.29, 1.82) is 0 Å². The molecule has 1 aliphatic rings. The Kier molecular flexibility index (Phi) is 5.47. The monoisotopic (exact) mass is 350 g/mol. The molecule has 0 heterocycles. The van der Waals surface area contributed by atoms with Gasteiger partial charge in [0.15, 0.2) is 5.78 Å². The number of carbonyl (C=O) groups excluding carboxylic acids is 3. The molecule has 4 atom stereocenters.